The number of esters is 1. The zero-order chi connectivity index (χ0) is 23.5. The zero-order valence-electron chi connectivity index (χ0n) is 19.2. The Morgan fingerprint density at radius 2 is 1.70 bits per heavy atom. The molecule has 0 saturated heterocycles. The third-order valence-electron chi connectivity index (χ3n) is 5.95. The molecule has 0 N–H and O–H groups in total. The number of carbonyl (C=O) groups is 2. The van der Waals surface area contributed by atoms with Crippen LogP contribution in [0.25, 0.3) is 10.8 Å². The molecule has 0 spiro atoms. The number of anilines is 1. The first-order chi connectivity index (χ1) is 16.0. The Morgan fingerprint density at radius 1 is 1.00 bits per heavy atom. The summed E-state index contributed by atoms with van der Waals surface area (Å²) in [5, 5.41) is 2.08. The van der Waals surface area contributed by atoms with Crippen LogP contribution in [0.4, 0.5) is 5.69 Å². The first kappa shape index (κ1) is 22.5. The van der Waals surface area contributed by atoms with Crippen molar-refractivity contribution in [3.63, 3.8) is 0 Å². The van der Waals surface area contributed by atoms with Crippen molar-refractivity contribution in [2.75, 3.05) is 39.4 Å². The van der Waals surface area contributed by atoms with E-state index < -0.39 is 5.97 Å². The third kappa shape index (κ3) is 4.06. The molecule has 7 heteroatoms. The lowest BCUT2D eigenvalue weighted by atomic mass is 9.81. The van der Waals surface area contributed by atoms with Crippen molar-refractivity contribution in [2.24, 2.45) is 0 Å². The number of rotatable bonds is 7. The summed E-state index contributed by atoms with van der Waals surface area (Å²) in [5.41, 5.74) is 2.55. The highest BCUT2D eigenvalue weighted by atomic mass is 16.5. The van der Waals surface area contributed by atoms with Crippen molar-refractivity contribution in [3.05, 3.63) is 59.7 Å². The lowest BCUT2D eigenvalue weighted by Crippen LogP contribution is -2.41. The minimum Gasteiger partial charge on any atom is -0.493 e. The molecule has 1 atom stereocenters. The van der Waals surface area contributed by atoms with E-state index in [4.69, 9.17) is 18.9 Å². The molecule has 0 bridgehead atoms. The van der Waals surface area contributed by atoms with Crippen molar-refractivity contribution in [1.82, 2.24) is 0 Å². The number of methoxy groups -OCH3 is 3. The number of hydrogen-bond acceptors (Lipinski definition) is 6. The first-order valence-corrected chi connectivity index (χ1v) is 10.8. The number of ether oxygens (including phenoxy) is 4. The molecule has 3 aromatic rings. The first-order valence-electron chi connectivity index (χ1n) is 10.8. The summed E-state index contributed by atoms with van der Waals surface area (Å²) in [6.07, 6.45) is 0.194. The highest BCUT2D eigenvalue weighted by molar-refractivity contribution is 6.05. The summed E-state index contributed by atoms with van der Waals surface area (Å²) in [6.45, 7) is 1.89. The average molecular weight is 450 g/mol. The van der Waals surface area contributed by atoms with Crippen LogP contribution in [-0.4, -0.2) is 46.4 Å². The largest absolute Gasteiger partial charge is 0.493 e. The van der Waals surface area contributed by atoms with Crippen LogP contribution in [0, 0.1) is 0 Å². The number of fused-ring (bicyclic) bond motifs is 3. The molecule has 0 radical (unpaired) electrons. The topological polar surface area (TPSA) is 74.3 Å². The van der Waals surface area contributed by atoms with Gasteiger partial charge in [-0.3, -0.25) is 9.59 Å². The fourth-order valence-electron chi connectivity index (χ4n) is 4.50. The predicted octanol–water partition coefficient (Wildman–Crippen LogP) is 4.30. The fraction of sp³-hybridized carbons (Fsp3) is 0.308. The maximum Gasteiger partial charge on any atom is 0.326 e. The van der Waals surface area contributed by atoms with Crippen LogP contribution in [0.5, 0.6) is 17.2 Å². The lowest BCUT2D eigenvalue weighted by molar-refractivity contribution is -0.142. The van der Waals surface area contributed by atoms with E-state index in [1.807, 2.05) is 48.5 Å². The molecule has 3 aromatic carbocycles. The molecule has 33 heavy (non-hydrogen) atoms. The second-order valence-corrected chi connectivity index (χ2v) is 7.72. The van der Waals surface area contributed by atoms with Crippen LogP contribution in [-0.2, 0) is 14.3 Å². The fourth-order valence-corrected chi connectivity index (χ4v) is 4.50. The van der Waals surface area contributed by atoms with Gasteiger partial charge >= 0.3 is 5.97 Å². The Balaban J connectivity index is 1.92. The summed E-state index contributed by atoms with van der Waals surface area (Å²) in [4.78, 5) is 27.1. The Labute approximate surface area is 192 Å². The summed E-state index contributed by atoms with van der Waals surface area (Å²) >= 11 is 0. The second kappa shape index (κ2) is 9.40. The zero-order valence-corrected chi connectivity index (χ0v) is 19.2. The molecule has 1 unspecified atom stereocenters. The highest BCUT2D eigenvalue weighted by Crippen LogP contribution is 2.47. The van der Waals surface area contributed by atoms with Crippen LogP contribution in [0.1, 0.15) is 30.4 Å². The molecular formula is C26H27NO6. The summed E-state index contributed by atoms with van der Waals surface area (Å²) < 4.78 is 21.7. The van der Waals surface area contributed by atoms with Gasteiger partial charge in [-0.25, -0.2) is 0 Å². The van der Waals surface area contributed by atoms with E-state index in [0.29, 0.717) is 22.9 Å². The minimum absolute atomic E-state index is 0.125. The van der Waals surface area contributed by atoms with Gasteiger partial charge in [-0.15, -0.1) is 0 Å². The van der Waals surface area contributed by atoms with E-state index in [1.54, 1.807) is 28.3 Å². The van der Waals surface area contributed by atoms with E-state index in [9.17, 15) is 9.59 Å². The predicted molar refractivity (Wildman–Crippen MR) is 125 cm³/mol. The summed E-state index contributed by atoms with van der Waals surface area (Å²) in [5.74, 6) is 0.699. The normalized spacial score (nSPS) is 15.2. The van der Waals surface area contributed by atoms with E-state index in [0.717, 1.165) is 21.9 Å². The number of carbonyl (C=O) groups excluding carboxylic acids is 2. The van der Waals surface area contributed by atoms with E-state index in [-0.39, 0.29) is 31.4 Å². The quantitative estimate of drug-likeness (QED) is 0.501. The van der Waals surface area contributed by atoms with E-state index >= 15 is 0 Å². The van der Waals surface area contributed by atoms with E-state index in [2.05, 4.69) is 0 Å². The molecule has 0 aliphatic carbocycles. The molecule has 0 aromatic heterocycles. The van der Waals surface area contributed by atoms with Gasteiger partial charge in [0.1, 0.15) is 6.54 Å². The Bertz CT molecular complexity index is 1180. The molecule has 1 aliphatic rings. The SMILES string of the molecule is CCOC(=O)CN1C(=O)CC(c2cc(OC)c(OC)c(OC)c2)c2c1ccc1ccccc21. The van der Waals surface area contributed by atoms with Crippen molar-refractivity contribution >= 4 is 28.3 Å². The van der Waals surface area contributed by atoms with Crippen LogP contribution >= 0.6 is 0 Å². The van der Waals surface area contributed by atoms with Crippen LogP contribution in [0.3, 0.4) is 0 Å². The Morgan fingerprint density at radius 3 is 2.33 bits per heavy atom. The van der Waals surface area contributed by atoms with Gasteiger partial charge in [-0.05, 0) is 47.0 Å². The van der Waals surface area contributed by atoms with Crippen LogP contribution in [0.15, 0.2) is 48.5 Å². The molecule has 7 nitrogen and oxygen atoms in total. The van der Waals surface area contributed by atoms with Crippen LogP contribution < -0.4 is 19.1 Å². The summed E-state index contributed by atoms with van der Waals surface area (Å²) in [7, 11) is 4.69. The molecule has 0 fully saturated rings. The molecule has 0 saturated carbocycles. The average Bonchev–Trinajstić information content (AvgIpc) is 2.84. The van der Waals surface area contributed by atoms with Crippen molar-refractivity contribution in [1.29, 1.82) is 0 Å². The van der Waals surface area contributed by atoms with E-state index in [1.165, 1.54) is 4.90 Å². The standard InChI is InChI=1S/C26H27NO6/c1-5-33-24(29)15-27-20-11-10-16-8-6-7-9-18(16)25(20)19(14-23(27)28)17-12-21(30-2)26(32-4)22(13-17)31-3/h6-13,19H,5,14-15H2,1-4H3. The summed E-state index contributed by atoms with van der Waals surface area (Å²) in [6, 6.07) is 15.7. The maximum atomic E-state index is 13.3. The minimum atomic E-state index is -0.434. The molecule has 1 aliphatic heterocycles. The molecular weight excluding hydrogens is 422 g/mol. The van der Waals surface area contributed by atoms with Crippen molar-refractivity contribution in [2.45, 2.75) is 19.3 Å². The molecule has 1 heterocycles. The van der Waals surface area contributed by atoms with Gasteiger partial charge in [0.15, 0.2) is 11.5 Å². The van der Waals surface area contributed by atoms with Gasteiger partial charge in [0.2, 0.25) is 11.7 Å². The maximum absolute atomic E-state index is 13.3. The number of amides is 1. The molecule has 1 amide bonds. The highest BCUT2D eigenvalue weighted by Gasteiger charge is 2.35. The third-order valence-corrected chi connectivity index (χ3v) is 5.95. The lowest BCUT2D eigenvalue weighted by Gasteiger charge is -2.35. The number of hydrogen-bond donors (Lipinski definition) is 0. The number of nitrogens with zero attached hydrogens (tertiary/aromatic N) is 1. The van der Waals surface area contributed by atoms with Gasteiger partial charge < -0.3 is 23.8 Å². The second-order valence-electron chi connectivity index (χ2n) is 7.72. The van der Waals surface area contributed by atoms with Gasteiger partial charge in [0.05, 0.1) is 27.9 Å². The van der Waals surface area contributed by atoms with Gasteiger partial charge in [0.25, 0.3) is 0 Å². The van der Waals surface area contributed by atoms with Gasteiger partial charge in [0, 0.05) is 18.0 Å². The Hall–Kier alpha value is -3.74. The number of benzene rings is 3. The Kier molecular flexibility index (Phi) is 6.40. The van der Waals surface area contributed by atoms with Gasteiger partial charge in [-0.1, -0.05) is 30.3 Å². The van der Waals surface area contributed by atoms with Crippen LogP contribution in [0.2, 0.25) is 0 Å². The molecule has 4 rings (SSSR count). The van der Waals surface area contributed by atoms with Gasteiger partial charge in [-0.2, -0.15) is 0 Å². The van der Waals surface area contributed by atoms with Crippen molar-refractivity contribution < 1.29 is 28.5 Å². The smallest absolute Gasteiger partial charge is 0.326 e. The van der Waals surface area contributed by atoms with Crippen molar-refractivity contribution in [3.8, 4) is 17.2 Å². The molecule has 172 valence electrons. The monoisotopic (exact) mass is 449 g/mol.